The molecular weight excluding hydrogens is 220 g/mol. The molecule has 0 aromatic carbocycles. The van der Waals surface area contributed by atoms with Gasteiger partial charge in [0, 0.05) is 23.9 Å². The van der Waals surface area contributed by atoms with E-state index in [2.05, 4.69) is 15.3 Å². The van der Waals surface area contributed by atoms with Crippen molar-refractivity contribution in [3.63, 3.8) is 0 Å². The van der Waals surface area contributed by atoms with Gasteiger partial charge < -0.3 is 5.32 Å². The normalized spacial score (nSPS) is 15.0. The summed E-state index contributed by atoms with van der Waals surface area (Å²) in [5.74, 6) is 0.827. The summed E-state index contributed by atoms with van der Waals surface area (Å²) in [6.07, 6.45) is 9.25. The molecule has 1 aromatic heterocycles. The number of nitriles is 1. The summed E-state index contributed by atoms with van der Waals surface area (Å²) in [4.78, 5) is 8.59. The molecular formula is C11H12N4S. The molecule has 0 radical (unpaired) electrons. The summed E-state index contributed by atoms with van der Waals surface area (Å²) in [5.41, 5.74) is 0.867. The number of allylic oxidation sites excluding steroid dienone is 1. The largest absolute Gasteiger partial charge is 0.367 e. The molecule has 1 aliphatic rings. The molecule has 82 valence electrons. The van der Waals surface area contributed by atoms with Gasteiger partial charge in [-0.1, -0.05) is 11.8 Å². The Kier molecular flexibility index (Phi) is 3.42. The van der Waals surface area contributed by atoms with Crippen molar-refractivity contribution >= 4 is 23.7 Å². The highest BCUT2D eigenvalue weighted by Gasteiger charge is 2.22. The lowest BCUT2D eigenvalue weighted by atomic mass is 10.3. The number of nitrogens with zero attached hydrogens (tertiary/aromatic N) is 3. The van der Waals surface area contributed by atoms with Gasteiger partial charge in [-0.25, -0.2) is 9.97 Å². The fourth-order valence-electron chi connectivity index (χ4n) is 1.26. The van der Waals surface area contributed by atoms with Crippen molar-refractivity contribution in [2.45, 2.75) is 24.0 Å². The Morgan fingerprint density at radius 3 is 3.06 bits per heavy atom. The smallest absolute Gasteiger partial charge is 0.189 e. The van der Waals surface area contributed by atoms with E-state index in [0.29, 0.717) is 6.04 Å². The van der Waals surface area contributed by atoms with Gasteiger partial charge in [-0.05, 0) is 25.2 Å². The lowest BCUT2D eigenvalue weighted by Crippen LogP contribution is -2.06. The molecule has 1 fully saturated rings. The van der Waals surface area contributed by atoms with Gasteiger partial charge in [0.2, 0.25) is 0 Å². The molecule has 16 heavy (non-hydrogen) atoms. The topological polar surface area (TPSA) is 61.6 Å². The third kappa shape index (κ3) is 2.74. The number of hydrogen-bond acceptors (Lipinski definition) is 5. The van der Waals surface area contributed by atoms with Crippen LogP contribution in [0, 0.1) is 11.3 Å². The zero-order valence-electron chi connectivity index (χ0n) is 8.97. The van der Waals surface area contributed by atoms with E-state index >= 15 is 0 Å². The second-order valence-electron chi connectivity index (χ2n) is 3.54. The number of nitrogens with one attached hydrogen (secondary N) is 1. The van der Waals surface area contributed by atoms with Crippen LogP contribution in [0.25, 0.3) is 6.08 Å². The summed E-state index contributed by atoms with van der Waals surface area (Å²) in [5, 5.41) is 12.6. The van der Waals surface area contributed by atoms with Gasteiger partial charge in [-0.3, -0.25) is 0 Å². The van der Waals surface area contributed by atoms with Crippen LogP contribution in [0.5, 0.6) is 0 Å². The summed E-state index contributed by atoms with van der Waals surface area (Å²) >= 11 is 1.51. The molecule has 1 aliphatic carbocycles. The van der Waals surface area contributed by atoms with Gasteiger partial charge in [0.25, 0.3) is 0 Å². The van der Waals surface area contributed by atoms with Crippen molar-refractivity contribution in [2.75, 3.05) is 11.6 Å². The van der Waals surface area contributed by atoms with Crippen LogP contribution in [0.2, 0.25) is 0 Å². The van der Waals surface area contributed by atoms with Crippen LogP contribution in [0.4, 0.5) is 5.82 Å². The highest BCUT2D eigenvalue weighted by Crippen LogP contribution is 2.26. The minimum absolute atomic E-state index is 0.541. The predicted molar refractivity (Wildman–Crippen MR) is 65.1 cm³/mol. The molecule has 0 unspecified atom stereocenters. The highest BCUT2D eigenvalue weighted by molar-refractivity contribution is 7.98. The summed E-state index contributed by atoms with van der Waals surface area (Å²) in [6.45, 7) is 0. The zero-order valence-corrected chi connectivity index (χ0v) is 9.79. The van der Waals surface area contributed by atoms with Gasteiger partial charge in [0.15, 0.2) is 5.16 Å². The fourth-order valence-corrected chi connectivity index (χ4v) is 1.60. The van der Waals surface area contributed by atoms with Crippen LogP contribution in [0.15, 0.2) is 17.4 Å². The van der Waals surface area contributed by atoms with E-state index in [9.17, 15) is 0 Å². The third-order valence-electron chi connectivity index (χ3n) is 2.23. The summed E-state index contributed by atoms with van der Waals surface area (Å²) in [7, 11) is 0. The lowest BCUT2D eigenvalue weighted by molar-refractivity contribution is 0.951. The third-order valence-corrected chi connectivity index (χ3v) is 2.79. The quantitative estimate of drug-likeness (QED) is 0.490. The fraction of sp³-hybridized carbons (Fsp3) is 0.364. The number of rotatable bonds is 4. The maximum absolute atomic E-state index is 8.51. The Balaban J connectivity index is 2.26. The maximum Gasteiger partial charge on any atom is 0.189 e. The van der Waals surface area contributed by atoms with Crippen LogP contribution in [0.1, 0.15) is 18.4 Å². The summed E-state index contributed by atoms with van der Waals surface area (Å²) in [6, 6.07) is 2.51. The van der Waals surface area contributed by atoms with Gasteiger partial charge in [0.1, 0.15) is 5.82 Å². The first kappa shape index (κ1) is 11.0. The van der Waals surface area contributed by atoms with Crippen LogP contribution in [0.3, 0.4) is 0 Å². The molecule has 0 bridgehead atoms. The van der Waals surface area contributed by atoms with Crippen molar-refractivity contribution < 1.29 is 0 Å². The molecule has 1 N–H and O–H groups in total. The molecule has 5 heteroatoms. The van der Waals surface area contributed by atoms with E-state index < -0.39 is 0 Å². The SMILES string of the molecule is CSc1ncc(/C=C/C#N)c(NC2CC2)n1. The second-order valence-corrected chi connectivity index (χ2v) is 4.32. The van der Waals surface area contributed by atoms with Crippen molar-refractivity contribution in [3.8, 4) is 6.07 Å². The standard InChI is InChI=1S/C11H12N4S/c1-16-11-13-7-8(3-2-6-12)10(15-11)14-9-4-5-9/h2-3,7,9H,4-5H2,1H3,(H,13,14,15)/b3-2+. The first-order valence-corrected chi connectivity index (χ1v) is 6.29. The van der Waals surface area contributed by atoms with E-state index in [1.165, 1.54) is 30.7 Å². The average Bonchev–Trinajstić information content (AvgIpc) is 3.11. The molecule has 2 rings (SSSR count). The molecule has 0 aliphatic heterocycles. The first-order chi connectivity index (χ1) is 7.83. The van der Waals surface area contributed by atoms with E-state index in [-0.39, 0.29) is 0 Å². The maximum atomic E-state index is 8.51. The van der Waals surface area contributed by atoms with Crippen molar-refractivity contribution in [3.05, 3.63) is 17.8 Å². The van der Waals surface area contributed by atoms with Gasteiger partial charge in [-0.2, -0.15) is 5.26 Å². The molecule has 1 aromatic rings. The van der Waals surface area contributed by atoms with E-state index in [1.807, 2.05) is 12.3 Å². The van der Waals surface area contributed by atoms with E-state index in [0.717, 1.165) is 16.5 Å². The summed E-state index contributed by atoms with van der Waals surface area (Å²) < 4.78 is 0. The molecule has 1 heterocycles. The molecule has 0 saturated heterocycles. The average molecular weight is 232 g/mol. The highest BCUT2D eigenvalue weighted by atomic mass is 32.2. The van der Waals surface area contributed by atoms with Gasteiger partial charge >= 0.3 is 0 Å². The van der Waals surface area contributed by atoms with E-state index in [1.54, 1.807) is 12.3 Å². The van der Waals surface area contributed by atoms with Gasteiger partial charge in [0.05, 0.1) is 6.07 Å². The van der Waals surface area contributed by atoms with E-state index in [4.69, 9.17) is 5.26 Å². The molecule has 1 saturated carbocycles. The first-order valence-electron chi connectivity index (χ1n) is 5.07. The molecule has 0 spiro atoms. The van der Waals surface area contributed by atoms with Crippen LogP contribution in [-0.2, 0) is 0 Å². The van der Waals surface area contributed by atoms with Crippen molar-refractivity contribution in [1.82, 2.24) is 9.97 Å². The number of hydrogen-bond donors (Lipinski definition) is 1. The Bertz CT molecular complexity index is 446. The Hall–Kier alpha value is -1.54. The Morgan fingerprint density at radius 1 is 1.62 bits per heavy atom. The van der Waals surface area contributed by atoms with Gasteiger partial charge in [-0.15, -0.1) is 0 Å². The number of aromatic nitrogens is 2. The van der Waals surface area contributed by atoms with Crippen LogP contribution >= 0.6 is 11.8 Å². The monoisotopic (exact) mass is 232 g/mol. The minimum atomic E-state index is 0.541. The van der Waals surface area contributed by atoms with Crippen molar-refractivity contribution in [1.29, 1.82) is 5.26 Å². The number of anilines is 1. The Labute approximate surface area is 98.8 Å². The lowest BCUT2D eigenvalue weighted by Gasteiger charge is -2.07. The van der Waals surface area contributed by atoms with Crippen LogP contribution in [-0.4, -0.2) is 22.3 Å². The van der Waals surface area contributed by atoms with Crippen molar-refractivity contribution in [2.24, 2.45) is 0 Å². The molecule has 4 nitrogen and oxygen atoms in total. The molecule has 0 atom stereocenters. The number of thioether (sulfide) groups is 1. The minimum Gasteiger partial charge on any atom is -0.367 e. The Morgan fingerprint density at radius 2 is 2.44 bits per heavy atom. The molecule has 0 amide bonds. The predicted octanol–water partition coefficient (Wildman–Crippen LogP) is 2.31. The van der Waals surface area contributed by atoms with Crippen LogP contribution < -0.4 is 5.32 Å². The zero-order chi connectivity index (χ0) is 11.4. The second kappa shape index (κ2) is 4.99.